The Morgan fingerprint density at radius 2 is 1.89 bits per heavy atom. The summed E-state index contributed by atoms with van der Waals surface area (Å²) in [5.74, 6) is -0.466. The maximum atomic E-state index is 11.6. The van der Waals surface area contributed by atoms with Crippen molar-refractivity contribution in [2.45, 2.75) is 26.3 Å². The number of likely N-dealkylation sites (N-methyl/N-ethyl adjacent to an activating group) is 1. The lowest BCUT2D eigenvalue weighted by atomic mass is 10.2. The first-order valence-electron chi connectivity index (χ1n) is 6.33. The molecule has 5 heteroatoms. The van der Waals surface area contributed by atoms with Crippen LogP contribution in [0.15, 0.2) is 24.3 Å². The fourth-order valence-electron chi connectivity index (χ4n) is 1.35. The van der Waals surface area contributed by atoms with Crippen LogP contribution in [0.5, 0.6) is 0 Å². The van der Waals surface area contributed by atoms with Crippen molar-refractivity contribution in [3.8, 4) is 0 Å². The maximum absolute atomic E-state index is 11.6. The van der Waals surface area contributed by atoms with Crippen molar-refractivity contribution in [2.75, 3.05) is 19.0 Å². The van der Waals surface area contributed by atoms with Crippen LogP contribution in [-0.2, 0) is 9.53 Å². The van der Waals surface area contributed by atoms with Gasteiger partial charge in [0.1, 0.15) is 0 Å². The quantitative estimate of drug-likeness (QED) is 0.769. The molecular formula is C14H20N2O3. The zero-order chi connectivity index (χ0) is 14.3. The lowest BCUT2D eigenvalue weighted by Gasteiger charge is -2.11. The summed E-state index contributed by atoms with van der Waals surface area (Å²) in [5.41, 5.74) is 1.13. The van der Waals surface area contributed by atoms with Crippen molar-refractivity contribution in [3.63, 3.8) is 0 Å². The van der Waals surface area contributed by atoms with Gasteiger partial charge in [-0.15, -0.1) is 0 Å². The Morgan fingerprint density at radius 1 is 1.26 bits per heavy atom. The van der Waals surface area contributed by atoms with Gasteiger partial charge in [0.05, 0.1) is 18.2 Å². The second-order valence-electron chi connectivity index (χ2n) is 4.21. The van der Waals surface area contributed by atoms with E-state index in [1.54, 1.807) is 38.2 Å². The Hall–Kier alpha value is -1.88. The number of benzene rings is 1. The molecule has 0 saturated carbocycles. The van der Waals surface area contributed by atoms with E-state index < -0.39 is 0 Å². The summed E-state index contributed by atoms with van der Waals surface area (Å²) in [7, 11) is 1.72. The van der Waals surface area contributed by atoms with Crippen LogP contribution in [0.4, 0.5) is 5.69 Å². The van der Waals surface area contributed by atoms with Gasteiger partial charge < -0.3 is 15.4 Å². The number of rotatable bonds is 6. The highest BCUT2D eigenvalue weighted by atomic mass is 16.5. The molecule has 0 saturated heterocycles. The number of ether oxygens (including phenoxy) is 1. The van der Waals surface area contributed by atoms with Gasteiger partial charge in [-0.2, -0.15) is 0 Å². The Morgan fingerprint density at radius 3 is 2.42 bits per heavy atom. The van der Waals surface area contributed by atoms with Crippen molar-refractivity contribution < 1.29 is 14.3 Å². The van der Waals surface area contributed by atoms with Crippen LogP contribution in [0.3, 0.4) is 0 Å². The molecule has 1 atom stereocenters. The number of nitrogens with one attached hydrogen (secondary N) is 2. The summed E-state index contributed by atoms with van der Waals surface area (Å²) < 4.78 is 5.02. The van der Waals surface area contributed by atoms with Crippen molar-refractivity contribution in [1.82, 2.24) is 5.32 Å². The third-order valence-electron chi connectivity index (χ3n) is 2.65. The van der Waals surface area contributed by atoms with Crippen molar-refractivity contribution in [2.24, 2.45) is 0 Å². The highest BCUT2D eigenvalue weighted by Crippen LogP contribution is 2.11. The van der Waals surface area contributed by atoms with E-state index in [-0.39, 0.29) is 17.9 Å². The first kappa shape index (κ1) is 15.2. The molecule has 5 nitrogen and oxygen atoms in total. The van der Waals surface area contributed by atoms with Crippen LogP contribution in [-0.4, -0.2) is 31.6 Å². The summed E-state index contributed by atoms with van der Waals surface area (Å²) >= 11 is 0. The molecule has 0 radical (unpaired) electrons. The van der Waals surface area contributed by atoms with Crippen LogP contribution >= 0.6 is 0 Å². The molecule has 1 aromatic carbocycles. The van der Waals surface area contributed by atoms with E-state index in [1.807, 2.05) is 6.92 Å². The van der Waals surface area contributed by atoms with Gasteiger partial charge >= 0.3 is 5.97 Å². The molecule has 0 aliphatic rings. The van der Waals surface area contributed by atoms with Gasteiger partial charge in [0.15, 0.2) is 0 Å². The zero-order valence-corrected chi connectivity index (χ0v) is 11.5. The van der Waals surface area contributed by atoms with E-state index >= 15 is 0 Å². The van der Waals surface area contributed by atoms with Gasteiger partial charge in [-0.05, 0) is 44.7 Å². The Bertz CT molecular complexity index is 429. The Labute approximate surface area is 113 Å². The number of hydrogen-bond donors (Lipinski definition) is 2. The summed E-state index contributed by atoms with van der Waals surface area (Å²) in [6, 6.07) is 6.37. The fourth-order valence-corrected chi connectivity index (χ4v) is 1.35. The lowest BCUT2D eigenvalue weighted by Crippen LogP contribution is -2.35. The number of amides is 1. The van der Waals surface area contributed by atoms with Crippen LogP contribution in [0.2, 0.25) is 0 Å². The monoisotopic (exact) mass is 264 g/mol. The lowest BCUT2D eigenvalue weighted by molar-refractivity contribution is -0.117. The largest absolute Gasteiger partial charge is 0.462 e. The van der Waals surface area contributed by atoms with E-state index in [1.165, 1.54) is 0 Å². The molecule has 0 aliphatic heterocycles. The number of carbonyl (C=O) groups excluding carboxylic acids is 2. The van der Waals surface area contributed by atoms with E-state index in [0.29, 0.717) is 17.9 Å². The number of anilines is 1. The van der Waals surface area contributed by atoms with E-state index in [0.717, 1.165) is 6.42 Å². The van der Waals surface area contributed by atoms with Gasteiger partial charge in [-0.3, -0.25) is 4.79 Å². The molecule has 0 aliphatic carbocycles. The minimum Gasteiger partial charge on any atom is -0.462 e. The number of esters is 1. The Kier molecular flexibility index (Phi) is 6.02. The Balaban J connectivity index is 2.61. The molecule has 1 rings (SSSR count). The van der Waals surface area contributed by atoms with E-state index in [4.69, 9.17) is 4.74 Å². The first-order chi connectivity index (χ1) is 9.08. The molecule has 0 aromatic heterocycles. The highest BCUT2D eigenvalue weighted by Gasteiger charge is 2.11. The van der Waals surface area contributed by atoms with Crippen molar-refractivity contribution in [3.05, 3.63) is 29.8 Å². The summed E-state index contributed by atoms with van der Waals surface area (Å²) in [4.78, 5) is 23.2. The first-order valence-corrected chi connectivity index (χ1v) is 6.33. The third-order valence-corrected chi connectivity index (χ3v) is 2.65. The van der Waals surface area contributed by atoms with Gasteiger partial charge in [0.2, 0.25) is 5.91 Å². The van der Waals surface area contributed by atoms with Crippen molar-refractivity contribution >= 4 is 17.6 Å². The molecule has 2 N–H and O–H groups in total. The predicted octanol–water partition coefficient (Wildman–Crippen LogP) is 1.80. The molecule has 104 valence electrons. The molecule has 1 aromatic rings. The van der Waals surface area contributed by atoms with E-state index in [2.05, 4.69) is 10.6 Å². The SMILES string of the molecule is CCCOC(=O)c1ccc(NC(=O)C(C)NC)cc1. The van der Waals surface area contributed by atoms with Gasteiger partial charge in [-0.1, -0.05) is 6.92 Å². The molecule has 1 unspecified atom stereocenters. The zero-order valence-electron chi connectivity index (χ0n) is 11.5. The molecular weight excluding hydrogens is 244 g/mol. The maximum Gasteiger partial charge on any atom is 0.338 e. The second-order valence-corrected chi connectivity index (χ2v) is 4.21. The van der Waals surface area contributed by atoms with Crippen LogP contribution in [0, 0.1) is 0 Å². The van der Waals surface area contributed by atoms with Crippen LogP contribution < -0.4 is 10.6 Å². The van der Waals surface area contributed by atoms with Gasteiger partial charge in [0.25, 0.3) is 0 Å². The summed E-state index contributed by atoms with van der Waals surface area (Å²) in [5, 5.41) is 5.60. The minimum absolute atomic E-state index is 0.121. The topological polar surface area (TPSA) is 67.4 Å². The van der Waals surface area contributed by atoms with Crippen molar-refractivity contribution in [1.29, 1.82) is 0 Å². The van der Waals surface area contributed by atoms with Gasteiger partial charge in [-0.25, -0.2) is 4.79 Å². The molecule has 0 heterocycles. The molecule has 0 bridgehead atoms. The number of hydrogen-bond acceptors (Lipinski definition) is 4. The average Bonchev–Trinajstić information content (AvgIpc) is 2.44. The summed E-state index contributed by atoms with van der Waals surface area (Å²) in [6.45, 7) is 4.12. The number of carbonyl (C=O) groups is 2. The molecule has 0 fully saturated rings. The molecule has 1 amide bonds. The normalized spacial score (nSPS) is 11.7. The average molecular weight is 264 g/mol. The second kappa shape index (κ2) is 7.53. The highest BCUT2D eigenvalue weighted by molar-refractivity contribution is 5.95. The van der Waals surface area contributed by atoms with Gasteiger partial charge in [0, 0.05) is 5.69 Å². The molecule has 19 heavy (non-hydrogen) atoms. The smallest absolute Gasteiger partial charge is 0.338 e. The predicted molar refractivity (Wildman–Crippen MR) is 74.2 cm³/mol. The standard InChI is InChI=1S/C14H20N2O3/c1-4-9-19-14(18)11-5-7-12(8-6-11)16-13(17)10(2)15-3/h5-8,10,15H,4,9H2,1-3H3,(H,16,17). The van der Waals surface area contributed by atoms with Crippen LogP contribution in [0.25, 0.3) is 0 Å². The fraction of sp³-hybridized carbons (Fsp3) is 0.429. The van der Waals surface area contributed by atoms with Crippen LogP contribution in [0.1, 0.15) is 30.6 Å². The minimum atomic E-state index is -0.344. The third kappa shape index (κ3) is 4.71. The van der Waals surface area contributed by atoms with E-state index in [9.17, 15) is 9.59 Å². The summed E-state index contributed by atoms with van der Waals surface area (Å²) in [6.07, 6.45) is 0.793. The molecule has 0 spiro atoms.